The molecule has 0 radical (unpaired) electrons. The van der Waals surface area contributed by atoms with Gasteiger partial charge in [-0.05, 0) is 43.3 Å². The largest absolute Gasteiger partial charge is 0.490 e. The van der Waals surface area contributed by atoms with Crippen molar-refractivity contribution in [2.45, 2.75) is 6.92 Å². The number of amides is 2. The number of nitrogens with one attached hydrogen (secondary N) is 1. The number of nitrogens with two attached hydrogens (primary N) is 1. The van der Waals surface area contributed by atoms with E-state index < -0.39 is 5.91 Å². The molecule has 0 fully saturated rings. The fourth-order valence-corrected chi connectivity index (χ4v) is 1.90. The standard InChI is InChI=1S/C17H18N2O4/c1-2-22-14-5-3-4-6-15(14)23-11-16(20)19-13-9-7-12(8-10-13)17(18)21/h3-10H,2,11H2,1H3,(H2,18,21)(H,19,20). The molecule has 0 aliphatic heterocycles. The van der Waals surface area contributed by atoms with Gasteiger partial charge in [-0.2, -0.15) is 0 Å². The molecule has 23 heavy (non-hydrogen) atoms. The highest BCUT2D eigenvalue weighted by molar-refractivity contribution is 5.95. The summed E-state index contributed by atoms with van der Waals surface area (Å²) in [4.78, 5) is 22.9. The maximum atomic E-state index is 11.9. The van der Waals surface area contributed by atoms with Gasteiger partial charge in [0.1, 0.15) is 0 Å². The Morgan fingerprint density at radius 3 is 2.17 bits per heavy atom. The smallest absolute Gasteiger partial charge is 0.262 e. The summed E-state index contributed by atoms with van der Waals surface area (Å²) in [6, 6.07) is 13.4. The van der Waals surface area contributed by atoms with Crippen LogP contribution in [-0.4, -0.2) is 25.0 Å². The van der Waals surface area contributed by atoms with E-state index in [1.54, 1.807) is 42.5 Å². The monoisotopic (exact) mass is 314 g/mol. The second-order valence-corrected chi connectivity index (χ2v) is 4.66. The Morgan fingerprint density at radius 2 is 1.61 bits per heavy atom. The van der Waals surface area contributed by atoms with Crippen LogP contribution < -0.4 is 20.5 Å². The van der Waals surface area contributed by atoms with E-state index in [4.69, 9.17) is 15.2 Å². The number of hydrogen-bond donors (Lipinski definition) is 2. The number of benzene rings is 2. The number of anilines is 1. The summed E-state index contributed by atoms with van der Waals surface area (Å²) in [6.45, 7) is 2.24. The molecule has 6 nitrogen and oxygen atoms in total. The summed E-state index contributed by atoms with van der Waals surface area (Å²) in [6.07, 6.45) is 0. The number of carbonyl (C=O) groups excluding carboxylic acids is 2. The number of rotatable bonds is 7. The Morgan fingerprint density at radius 1 is 1.00 bits per heavy atom. The van der Waals surface area contributed by atoms with Crippen LogP contribution in [-0.2, 0) is 4.79 Å². The molecule has 0 aliphatic rings. The van der Waals surface area contributed by atoms with Crippen molar-refractivity contribution in [2.24, 2.45) is 5.73 Å². The van der Waals surface area contributed by atoms with E-state index in [0.717, 1.165) is 0 Å². The lowest BCUT2D eigenvalue weighted by Gasteiger charge is -2.11. The zero-order chi connectivity index (χ0) is 16.7. The summed E-state index contributed by atoms with van der Waals surface area (Å²) in [7, 11) is 0. The zero-order valence-corrected chi connectivity index (χ0v) is 12.7. The van der Waals surface area contributed by atoms with Gasteiger partial charge >= 0.3 is 0 Å². The van der Waals surface area contributed by atoms with E-state index >= 15 is 0 Å². The van der Waals surface area contributed by atoms with Crippen molar-refractivity contribution in [3.63, 3.8) is 0 Å². The fourth-order valence-electron chi connectivity index (χ4n) is 1.90. The topological polar surface area (TPSA) is 90.7 Å². The molecule has 2 aromatic carbocycles. The average molecular weight is 314 g/mol. The highest BCUT2D eigenvalue weighted by Crippen LogP contribution is 2.26. The first-order valence-electron chi connectivity index (χ1n) is 7.14. The minimum Gasteiger partial charge on any atom is -0.490 e. The van der Waals surface area contributed by atoms with Crippen molar-refractivity contribution in [2.75, 3.05) is 18.5 Å². The van der Waals surface area contributed by atoms with Gasteiger partial charge in [-0.1, -0.05) is 12.1 Å². The van der Waals surface area contributed by atoms with Gasteiger partial charge in [0.25, 0.3) is 5.91 Å². The molecule has 0 spiro atoms. The minimum absolute atomic E-state index is 0.151. The number of carbonyl (C=O) groups is 2. The van der Waals surface area contributed by atoms with E-state index in [9.17, 15) is 9.59 Å². The summed E-state index contributed by atoms with van der Waals surface area (Å²) < 4.78 is 10.9. The first kappa shape index (κ1) is 16.4. The van der Waals surface area contributed by atoms with Gasteiger partial charge < -0.3 is 20.5 Å². The van der Waals surface area contributed by atoms with Gasteiger partial charge in [-0.25, -0.2) is 0 Å². The SMILES string of the molecule is CCOc1ccccc1OCC(=O)Nc1ccc(C(N)=O)cc1. The lowest BCUT2D eigenvalue weighted by molar-refractivity contribution is -0.118. The molecule has 0 unspecified atom stereocenters. The quantitative estimate of drug-likeness (QED) is 0.819. The first-order valence-corrected chi connectivity index (χ1v) is 7.14. The Balaban J connectivity index is 1.91. The van der Waals surface area contributed by atoms with Crippen molar-refractivity contribution in [3.8, 4) is 11.5 Å². The lowest BCUT2D eigenvalue weighted by Crippen LogP contribution is -2.20. The van der Waals surface area contributed by atoms with Crippen molar-refractivity contribution in [3.05, 3.63) is 54.1 Å². The molecule has 0 heterocycles. The molecule has 6 heteroatoms. The minimum atomic E-state index is -0.515. The van der Waals surface area contributed by atoms with Crippen molar-refractivity contribution in [1.82, 2.24) is 0 Å². The molecule has 120 valence electrons. The normalized spacial score (nSPS) is 9.96. The highest BCUT2D eigenvalue weighted by atomic mass is 16.5. The predicted octanol–water partition coefficient (Wildman–Crippen LogP) is 2.20. The molecule has 3 N–H and O–H groups in total. The Bertz CT molecular complexity index is 683. The third kappa shape index (κ3) is 4.74. The van der Waals surface area contributed by atoms with Crippen LogP contribution in [0.25, 0.3) is 0 Å². The number of primary amides is 1. The van der Waals surface area contributed by atoms with Gasteiger partial charge in [0.05, 0.1) is 6.61 Å². The summed E-state index contributed by atoms with van der Waals surface area (Å²) in [5.41, 5.74) is 6.09. The van der Waals surface area contributed by atoms with E-state index in [2.05, 4.69) is 5.32 Å². The van der Waals surface area contributed by atoms with E-state index in [1.807, 2.05) is 13.0 Å². The van der Waals surface area contributed by atoms with Crippen LogP contribution in [0.15, 0.2) is 48.5 Å². The van der Waals surface area contributed by atoms with E-state index in [-0.39, 0.29) is 12.5 Å². The van der Waals surface area contributed by atoms with E-state index in [1.165, 1.54) is 0 Å². The Hall–Kier alpha value is -3.02. The average Bonchev–Trinajstić information content (AvgIpc) is 2.55. The molecule has 0 bridgehead atoms. The third-order valence-corrected chi connectivity index (χ3v) is 2.96. The molecule has 0 saturated heterocycles. The second-order valence-electron chi connectivity index (χ2n) is 4.66. The second kappa shape index (κ2) is 7.84. The van der Waals surface area contributed by atoms with Crippen molar-refractivity contribution in [1.29, 1.82) is 0 Å². The Kier molecular flexibility index (Phi) is 5.57. The van der Waals surface area contributed by atoms with E-state index in [0.29, 0.717) is 29.4 Å². The molecule has 2 rings (SSSR count). The van der Waals surface area contributed by atoms with Crippen molar-refractivity contribution >= 4 is 17.5 Å². The number of ether oxygens (including phenoxy) is 2. The number of para-hydroxylation sites is 2. The van der Waals surface area contributed by atoms with Gasteiger partial charge in [0, 0.05) is 11.3 Å². The summed E-state index contributed by atoms with van der Waals surface area (Å²) in [5.74, 6) is 0.268. The maximum absolute atomic E-state index is 11.9. The molecule has 2 amide bonds. The molecule has 0 aliphatic carbocycles. The fraction of sp³-hybridized carbons (Fsp3) is 0.176. The van der Waals surface area contributed by atoms with Crippen LogP contribution in [0.1, 0.15) is 17.3 Å². The predicted molar refractivity (Wildman–Crippen MR) is 86.7 cm³/mol. The van der Waals surface area contributed by atoms with Gasteiger partial charge in [0.15, 0.2) is 18.1 Å². The molecular weight excluding hydrogens is 296 g/mol. The third-order valence-electron chi connectivity index (χ3n) is 2.96. The van der Waals surface area contributed by atoms with Crippen LogP contribution in [0.5, 0.6) is 11.5 Å². The van der Waals surface area contributed by atoms with Crippen LogP contribution in [0.3, 0.4) is 0 Å². The lowest BCUT2D eigenvalue weighted by atomic mass is 10.2. The first-order chi connectivity index (χ1) is 11.1. The highest BCUT2D eigenvalue weighted by Gasteiger charge is 2.08. The van der Waals surface area contributed by atoms with Crippen LogP contribution in [0.4, 0.5) is 5.69 Å². The Labute approximate surface area is 134 Å². The molecule has 2 aromatic rings. The zero-order valence-electron chi connectivity index (χ0n) is 12.7. The number of hydrogen-bond acceptors (Lipinski definition) is 4. The molecule has 0 atom stereocenters. The van der Waals surface area contributed by atoms with Crippen LogP contribution >= 0.6 is 0 Å². The van der Waals surface area contributed by atoms with Crippen molar-refractivity contribution < 1.29 is 19.1 Å². The maximum Gasteiger partial charge on any atom is 0.262 e. The van der Waals surface area contributed by atoms with Gasteiger partial charge in [-0.15, -0.1) is 0 Å². The van der Waals surface area contributed by atoms with Gasteiger partial charge in [0.2, 0.25) is 5.91 Å². The molecule has 0 saturated carbocycles. The van der Waals surface area contributed by atoms with Crippen LogP contribution in [0, 0.1) is 0 Å². The summed E-state index contributed by atoms with van der Waals surface area (Å²) in [5, 5.41) is 2.67. The van der Waals surface area contributed by atoms with Gasteiger partial charge in [-0.3, -0.25) is 9.59 Å². The summed E-state index contributed by atoms with van der Waals surface area (Å²) >= 11 is 0. The molecular formula is C17H18N2O4. The molecule has 0 aromatic heterocycles. The van der Waals surface area contributed by atoms with Crippen LogP contribution in [0.2, 0.25) is 0 Å².